The maximum Gasteiger partial charge on any atom is 0.311 e. The lowest BCUT2D eigenvalue weighted by molar-refractivity contribution is -0.193. The first-order chi connectivity index (χ1) is 26.3. The summed E-state index contributed by atoms with van der Waals surface area (Å²) in [5, 5.41) is 59.9. The predicted octanol–water partition coefficient (Wildman–Crippen LogP) is 6.28. The SMILES string of the molecule is CC[C@H]1OC(=O)[C@H](C)[C@@H](O)[C@H](C)[C@@H](O)[C@](C)(O)C[C@@H](C)CN(CCCNC(=O)C=Cc2cc3c(s2)-c2ccc(C)cc2Sc2ccccc2-3)[C@H](C)[C@@H](O)[C@]1(C)O. The highest BCUT2D eigenvalue weighted by Gasteiger charge is 2.47. The number of nitrogens with one attached hydrogen (secondary N) is 1. The van der Waals surface area contributed by atoms with Gasteiger partial charge in [-0.15, -0.1) is 11.3 Å². The highest BCUT2D eigenvalue weighted by atomic mass is 32.2. The number of carbonyl (C=O) groups is 2. The van der Waals surface area contributed by atoms with E-state index in [1.165, 1.54) is 52.1 Å². The standard InChI is InChI=1S/C44H60N2O8S2/c1-9-36-44(8,53)41(50)29(6)46(24-26(3)23-43(7,52)40(49)27(4)38(48)28(5)42(51)54-36)20-12-19-45-37(47)18-16-30-22-33-31-13-10-11-14-34(31)56-35-21-25(2)15-17-32(35)39(33)55-30/h10-11,13-18,21-22,26-29,36,38,40-41,48-50,52-53H,9,12,19-20,23-24H2,1-8H3,(H,45,47)/t26-,27+,28-,29-,36-,38+,40-,41-,43-,44-/m1/s1. The van der Waals surface area contributed by atoms with E-state index in [0.717, 1.165) is 10.4 Å². The van der Waals surface area contributed by atoms with Gasteiger partial charge in [0.2, 0.25) is 5.91 Å². The lowest BCUT2D eigenvalue weighted by Crippen LogP contribution is -2.59. The van der Waals surface area contributed by atoms with Crippen LogP contribution >= 0.6 is 23.1 Å². The average Bonchev–Trinajstić information content (AvgIpc) is 3.53. The molecule has 0 saturated carbocycles. The fraction of sp³-hybridized carbons (Fsp3) is 0.545. The van der Waals surface area contributed by atoms with Gasteiger partial charge in [0.25, 0.3) is 0 Å². The molecular weight excluding hydrogens is 749 g/mol. The number of aliphatic hydroxyl groups is 5. The Kier molecular flexibility index (Phi) is 14.3. The van der Waals surface area contributed by atoms with Crippen LogP contribution in [0.2, 0.25) is 0 Å². The zero-order valence-corrected chi connectivity index (χ0v) is 35.5. The normalized spacial score (nSPS) is 32.0. The quantitative estimate of drug-likeness (QED) is 0.0713. The molecule has 1 fully saturated rings. The Morgan fingerprint density at radius 2 is 1.70 bits per heavy atom. The summed E-state index contributed by atoms with van der Waals surface area (Å²) in [5.74, 6) is -3.11. The van der Waals surface area contributed by atoms with Crippen molar-refractivity contribution in [3.8, 4) is 21.6 Å². The molecule has 1 amide bonds. The van der Waals surface area contributed by atoms with Crippen LogP contribution in [0.4, 0.5) is 0 Å². The molecule has 2 aliphatic rings. The topological polar surface area (TPSA) is 160 Å². The zero-order chi connectivity index (χ0) is 41.1. The van der Waals surface area contributed by atoms with Crippen molar-refractivity contribution in [1.82, 2.24) is 10.2 Å². The third kappa shape index (κ3) is 9.78. The number of esters is 1. The van der Waals surface area contributed by atoms with Gasteiger partial charge in [-0.3, -0.25) is 14.5 Å². The van der Waals surface area contributed by atoms with Crippen LogP contribution in [0.15, 0.2) is 64.4 Å². The Morgan fingerprint density at radius 1 is 0.982 bits per heavy atom. The van der Waals surface area contributed by atoms with Gasteiger partial charge >= 0.3 is 5.97 Å². The molecule has 5 rings (SSSR count). The minimum Gasteiger partial charge on any atom is -0.459 e. The number of aryl methyl sites for hydroxylation is 1. The van der Waals surface area contributed by atoms with Crippen LogP contribution in [-0.2, 0) is 14.3 Å². The summed E-state index contributed by atoms with van der Waals surface area (Å²) in [6, 6.07) is 16.5. The number of carbonyl (C=O) groups excluding carboxylic acids is 2. The highest BCUT2D eigenvalue weighted by molar-refractivity contribution is 7.99. The molecule has 0 unspecified atom stereocenters. The Labute approximate surface area is 340 Å². The second-order valence-electron chi connectivity index (χ2n) is 16.5. The van der Waals surface area contributed by atoms with E-state index in [2.05, 4.69) is 60.8 Å². The van der Waals surface area contributed by atoms with Crippen molar-refractivity contribution < 1.29 is 39.9 Å². The first kappa shape index (κ1) is 44.0. The smallest absolute Gasteiger partial charge is 0.311 e. The van der Waals surface area contributed by atoms with Crippen LogP contribution in [0.1, 0.15) is 78.2 Å². The zero-order valence-electron chi connectivity index (χ0n) is 33.9. The summed E-state index contributed by atoms with van der Waals surface area (Å²) in [6.07, 6.45) is -0.787. The highest BCUT2D eigenvalue weighted by Crippen LogP contribution is 2.51. The summed E-state index contributed by atoms with van der Waals surface area (Å²) in [5.41, 5.74) is 1.29. The van der Waals surface area contributed by atoms with E-state index < -0.39 is 59.5 Å². The van der Waals surface area contributed by atoms with Crippen molar-refractivity contribution >= 4 is 41.1 Å². The first-order valence-corrected chi connectivity index (χ1v) is 21.4. The van der Waals surface area contributed by atoms with Crippen molar-refractivity contribution in [3.05, 3.63) is 65.0 Å². The number of fused-ring (bicyclic) bond motifs is 5. The number of thiophene rings is 1. The fourth-order valence-electron chi connectivity index (χ4n) is 8.24. The minimum absolute atomic E-state index is 0.167. The molecule has 3 heterocycles. The van der Waals surface area contributed by atoms with Crippen molar-refractivity contribution in [2.45, 2.75) is 126 Å². The van der Waals surface area contributed by atoms with Crippen molar-refractivity contribution in [3.63, 3.8) is 0 Å². The van der Waals surface area contributed by atoms with Gasteiger partial charge in [-0.05, 0) is 95.2 Å². The third-order valence-corrected chi connectivity index (χ3v) is 13.9. The van der Waals surface area contributed by atoms with Crippen molar-refractivity contribution in [2.24, 2.45) is 17.8 Å². The molecule has 0 bridgehead atoms. The van der Waals surface area contributed by atoms with Crippen molar-refractivity contribution in [2.75, 3.05) is 19.6 Å². The van der Waals surface area contributed by atoms with Crippen LogP contribution in [0, 0.1) is 24.7 Å². The Bertz CT molecular complexity index is 1870. The van der Waals surface area contributed by atoms with Gasteiger partial charge in [-0.2, -0.15) is 0 Å². The van der Waals surface area contributed by atoms with Gasteiger partial charge in [0.05, 0.1) is 23.7 Å². The van der Waals surface area contributed by atoms with E-state index in [9.17, 15) is 35.1 Å². The molecule has 3 aromatic rings. The number of hydrogen-bond donors (Lipinski definition) is 6. The number of cyclic esters (lactones) is 1. The molecule has 2 aromatic carbocycles. The lowest BCUT2D eigenvalue weighted by atomic mass is 9.78. The van der Waals surface area contributed by atoms with Crippen LogP contribution in [0.25, 0.3) is 27.6 Å². The van der Waals surface area contributed by atoms with Gasteiger partial charge in [0.15, 0.2) is 0 Å². The summed E-state index contributed by atoms with van der Waals surface area (Å²) in [6.45, 7) is 14.8. The number of ether oxygens (including phenoxy) is 1. The van der Waals surface area contributed by atoms with E-state index in [1.807, 2.05) is 17.9 Å². The Balaban J connectivity index is 1.29. The number of benzene rings is 2. The van der Waals surface area contributed by atoms with Gasteiger partial charge < -0.3 is 35.6 Å². The van der Waals surface area contributed by atoms with Crippen LogP contribution in [-0.4, -0.2) is 104 Å². The second kappa shape index (κ2) is 18.2. The summed E-state index contributed by atoms with van der Waals surface area (Å²) in [7, 11) is 0. The molecule has 10 atom stereocenters. The number of rotatable bonds is 7. The molecule has 12 heteroatoms. The van der Waals surface area contributed by atoms with Crippen LogP contribution in [0.3, 0.4) is 0 Å². The Hall–Kier alpha value is -3.07. The van der Waals surface area contributed by atoms with E-state index in [0.29, 0.717) is 26.1 Å². The van der Waals surface area contributed by atoms with Gasteiger partial charge in [-0.25, -0.2) is 0 Å². The average molecular weight is 809 g/mol. The summed E-state index contributed by atoms with van der Waals surface area (Å²) >= 11 is 3.44. The third-order valence-electron chi connectivity index (χ3n) is 11.6. The van der Waals surface area contributed by atoms with Gasteiger partial charge in [0.1, 0.15) is 17.8 Å². The van der Waals surface area contributed by atoms with Crippen LogP contribution < -0.4 is 5.32 Å². The lowest BCUT2D eigenvalue weighted by Gasteiger charge is -2.43. The number of hydrogen-bond acceptors (Lipinski definition) is 11. The predicted molar refractivity (Wildman–Crippen MR) is 223 cm³/mol. The first-order valence-electron chi connectivity index (χ1n) is 19.8. The van der Waals surface area contributed by atoms with Crippen molar-refractivity contribution in [1.29, 1.82) is 0 Å². The number of nitrogens with zero attached hydrogens (tertiary/aromatic N) is 1. The minimum atomic E-state index is -1.84. The fourth-order valence-corrected chi connectivity index (χ4v) is 10.6. The molecule has 1 aromatic heterocycles. The largest absolute Gasteiger partial charge is 0.459 e. The molecule has 0 spiro atoms. The van der Waals surface area contributed by atoms with E-state index >= 15 is 0 Å². The molecule has 306 valence electrons. The second-order valence-corrected chi connectivity index (χ2v) is 18.6. The molecule has 0 radical (unpaired) electrons. The maximum absolute atomic E-state index is 13.2. The number of amides is 1. The van der Waals surface area contributed by atoms with Crippen LogP contribution in [0.5, 0.6) is 0 Å². The number of aliphatic hydroxyl groups excluding tert-OH is 3. The Morgan fingerprint density at radius 3 is 2.41 bits per heavy atom. The molecule has 6 N–H and O–H groups in total. The molecule has 10 nitrogen and oxygen atoms in total. The molecule has 2 aliphatic heterocycles. The van der Waals surface area contributed by atoms with Gasteiger partial charge in [-0.1, -0.05) is 62.9 Å². The van der Waals surface area contributed by atoms with Gasteiger partial charge in [0, 0.05) is 68.3 Å². The monoisotopic (exact) mass is 808 g/mol. The maximum atomic E-state index is 13.2. The summed E-state index contributed by atoms with van der Waals surface area (Å²) < 4.78 is 5.70. The molecule has 56 heavy (non-hydrogen) atoms. The molecule has 1 saturated heterocycles. The van der Waals surface area contributed by atoms with E-state index in [4.69, 9.17) is 4.74 Å². The summed E-state index contributed by atoms with van der Waals surface area (Å²) in [4.78, 5) is 32.8. The van der Waals surface area contributed by atoms with E-state index in [1.54, 1.807) is 49.9 Å². The molecule has 0 aliphatic carbocycles. The molecular formula is C44H60N2O8S2. The van der Waals surface area contributed by atoms with E-state index in [-0.39, 0.29) is 24.7 Å².